The van der Waals surface area contributed by atoms with Crippen LogP contribution in [0.5, 0.6) is 0 Å². The van der Waals surface area contributed by atoms with Crippen molar-refractivity contribution in [2.45, 2.75) is 18.1 Å². The van der Waals surface area contributed by atoms with Gasteiger partial charge in [0.05, 0.1) is 11.3 Å². The summed E-state index contributed by atoms with van der Waals surface area (Å²) in [6.07, 6.45) is 2.61. The van der Waals surface area contributed by atoms with Crippen molar-refractivity contribution in [3.05, 3.63) is 101 Å². The van der Waals surface area contributed by atoms with Crippen LogP contribution in [0.3, 0.4) is 0 Å². The third-order valence-corrected chi connectivity index (χ3v) is 8.31. The molecule has 0 saturated carbocycles. The second-order valence-electron chi connectivity index (χ2n) is 8.58. The molecule has 184 valence electrons. The molecule has 0 fully saturated rings. The van der Waals surface area contributed by atoms with Crippen molar-refractivity contribution in [1.82, 2.24) is 14.5 Å². The van der Waals surface area contributed by atoms with E-state index in [1.807, 2.05) is 48.7 Å². The SMILES string of the molecule is O=C(CSc1nc2c(sc3ccccc32)c(=O)n1CCc1c[nH]c2ccccc12)Nc1ccc(F)cc1. The van der Waals surface area contributed by atoms with E-state index in [0.717, 1.165) is 26.6 Å². The van der Waals surface area contributed by atoms with E-state index in [-0.39, 0.29) is 23.0 Å². The zero-order valence-corrected chi connectivity index (χ0v) is 21.2. The third kappa shape index (κ3) is 4.63. The first-order valence-corrected chi connectivity index (χ1v) is 13.5. The number of aromatic nitrogens is 3. The number of nitrogens with one attached hydrogen (secondary N) is 2. The predicted octanol–water partition coefficient (Wildman–Crippen LogP) is 6.21. The number of nitrogens with zero attached hydrogens (tertiary/aromatic N) is 2. The number of amides is 1. The lowest BCUT2D eigenvalue weighted by molar-refractivity contribution is -0.113. The highest BCUT2D eigenvalue weighted by molar-refractivity contribution is 7.99. The van der Waals surface area contributed by atoms with Crippen LogP contribution in [0.4, 0.5) is 10.1 Å². The Hall–Kier alpha value is -3.95. The highest BCUT2D eigenvalue weighted by Crippen LogP contribution is 2.32. The van der Waals surface area contributed by atoms with Gasteiger partial charge >= 0.3 is 0 Å². The van der Waals surface area contributed by atoms with Gasteiger partial charge in [0.1, 0.15) is 10.5 Å². The summed E-state index contributed by atoms with van der Waals surface area (Å²) in [5, 5.41) is 5.32. The maximum atomic E-state index is 13.7. The number of halogens is 1. The highest BCUT2D eigenvalue weighted by Gasteiger charge is 2.18. The summed E-state index contributed by atoms with van der Waals surface area (Å²) >= 11 is 2.67. The van der Waals surface area contributed by atoms with Crippen molar-refractivity contribution >= 4 is 65.9 Å². The topological polar surface area (TPSA) is 79.8 Å². The van der Waals surface area contributed by atoms with Gasteiger partial charge in [-0.15, -0.1) is 11.3 Å². The number of H-pyrrole nitrogens is 1. The van der Waals surface area contributed by atoms with Crippen LogP contribution in [0.15, 0.2) is 88.9 Å². The summed E-state index contributed by atoms with van der Waals surface area (Å²) in [5.74, 6) is -0.568. The summed E-state index contributed by atoms with van der Waals surface area (Å²) in [4.78, 5) is 34.5. The van der Waals surface area contributed by atoms with E-state index in [4.69, 9.17) is 4.98 Å². The van der Waals surface area contributed by atoms with Crippen LogP contribution >= 0.6 is 23.1 Å². The van der Waals surface area contributed by atoms with E-state index in [0.29, 0.717) is 34.0 Å². The molecule has 0 aliphatic rings. The van der Waals surface area contributed by atoms with Gasteiger partial charge in [0.2, 0.25) is 5.91 Å². The first-order chi connectivity index (χ1) is 18.1. The number of rotatable bonds is 7. The molecule has 1 amide bonds. The number of anilines is 1. The number of aryl methyl sites for hydroxylation is 1. The molecule has 3 aromatic heterocycles. The van der Waals surface area contributed by atoms with E-state index in [1.165, 1.54) is 47.4 Å². The number of carbonyl (C=O) groups excluding carboxylic acids is 1. The Morgan fingerprint density at radius 2 is 1.78 bits per heavy atom. The van der Waals surface area contributed by atoms with Gasteiger partial charge in [0, 0.05) is 39.4 Å². The van der Waals surface area contributed by atoms with Gasteiger partial charge in [0.25, 0.3) is 5.56 Å². The molecule has 37 heavy (non-hydrogen) atoms. The Labute approximate surface area is 219 Å². The van der Waals surface area contributed by atoms with Crippen LogP contribution in [-0.4, -0.2) is 26.2 Å². The Bertz CT molecular complexity index is 1820. The molecular formula is C28H21FN4O2S2. The van der Waals surface area contributed by atoms with E-state index in [1.54, 1.807) is 4.57 Å². The second kappa shape index (κ2) is 9.84. The van der Waals surface area contributed by atoms with E-state index < -0.39 is 0 Å². The minimum Gasteiger partial charge on any atom is -0.361 e. The van der Waals surface area contributed by atoms with Gasteiger partial charge in [-0.25, -0.2) is 9.37 Å². The van der Waals surface area contributed by atoms with E-state index in [9.17, 15) is 14.0 Å². The first-order valence-electron chi connectivity index (χ1n) is 11.7. The fraction of sp³-hybridized carbons (Fsp3) is 0.107. The quantitative estimate of drug-likeness (QED) is 0.191. The standard InChI is InChI=1S/C28H21FN4O2S2/c29-18-9-11-19(12-10-18)31-24(34)16-36-28-32-25-21-6-2-4-8-23(21)37-26(25)27(35)33(28)14-13-17-15-30-22-7-3-1-5-20(17)22/h1-12,15,30H,13-14,16H2,(H,31,34). The van der Waals surface area contributed by atoms with Crippen LogP contribution in [0, 0.1) is 5.82 Å². The Balaban J connectivity index is 1.33. The molecule has 0 unspecified atom stereocenters. The summed E-state index contributed by atoms with van der Waals surface area (Å²) < 4.78 is 16.5. The zero-order chi connectivity index (χ0) is 25.4. The van der Waals surface area contributed by atoms with E-state index >= 15 is 0 Å². The highest BCUT2D eigenvalue weighted by atomic mass is 32.2. The molecule has 0 radical (unpaired) electrons. The van der Waals surface area contributed by atoms with Crippen molar-refractivity contribution in [1.29, 1.82) is 0 Å². The normalized spacial score (nSPS) is 11.5. The van der Waals surface area contributed by atoms with Crippen molar-refractivity contribution in [2.75, 3.05) is 11.1 Å². The summed E-state index contributed by atoms with van der Waals surface area (Å²) in [6.45, 7) is 0.430. The fourth-order valence-corrected chi connectivity index (χ4v) is 6.30. The largest absolute Gasteiger partial charge is 0.361 e. The van der Waals surface area contributed by atoms with Gasteiger partial charge in [-0.3, -0.25) is 14.2 Å². The number of benzene rings is 3. The van der Waals surface area contributed by atoms with Crippen LogP contribution in [0.25, 0.3) is 31.2 Å². The Morgan fingerprint density at radius 1 is 1.03 bits per heavy atom. The van der Waals surface area contributed by atoms with E-state index in [2.05, 4.69) is 16.4 Å². The molecule has 0 aliphatic carbocycles. The first kappa shape index (κ1) is 23.4. The lowest BCUT2D eigenvalue weighted by atomic mass is 10.1. The summed E-state index contributed by atoms with van der Waals surface area (Å²) in [7, 11) is 0. The van der Waals surface area contributed by atoms with Crippen LogP contribution in [-0.2, 0) is 17.8 Å². The van der Waals surface area contributed by atoms with Gasteiger partial charge in [0.15, 0.2) is 5.16 Å². The molecule has 9 heteroatoms. The number of thiophene rings is 1. The number of hydrogen-bond donors (Lipinski definition) is 2. The Kier molecular flexibility index (Phi) is 6.23. The van der Waals surface area contributed by atoms with Gasteiger partial charge in [-0.1, -0.05) is 48.2 Å². The van der Waals surface area contributed by atoms with Crippen LogP contribution in [0.2, 0.25) is 0 Å². The average molecular weight is 529 g/mol. The third-order valence-electron chi connectivity index (χ3n) is 6.19. The molecule has 6 nitrogen and oxygen atoms in total. The molecule has 0 saturated heterocycles. The van der Waals surface area contributed by atoms with Crippen molar-refractivity contribution < 1.29 is 9.18 Å². The number of aromatic amines is 1. The molecule has 6 rings (SSSR count). The molecular weight excluding hydrogens is 507 g/mol. The van der Waals surface area contributed by atoms with Gasteiger partial charge in [-0.2, -0.15) is 0 Å². The molecule has 2 N–H and O–H groups in total. The monoisotopic (exact) mass is 528 g/mol. The minimum atomic E-state index is -0.368. The zero-order valence-electron chi connectivity index (χ0n) is 19.5. The van der Waals surface area contributed by atoms with Gasteiger partial charge < -0.3 is 10.3 Å². The maximum absolute atomic E-state index is 13.7. The van der Waals surface area contributed by atoms with Crippen molar-refractivity contribution in [3.8, 4) is 0 Å². The number of para-hydroxylation sites is 1. The Morgan fingerprint density at radius 3 is 2.62 bits per heavy atom. The average Bonchev–Trinajstić information content (AvgIpc) is 3.50. The number of fused-ring (bicyclic) bond motifs is 4. The smallest absolute Gasteiger partial charge is 0.272 e. The lowest BCUT2D eigenvalue weighted by Crippen LogP contribution is -2.24. The van der Waals surface area contributed by atoms with Crippen molar-refractivity contribution in [3.63, 3.8) is 0 Å². The lowest BCUT2D eigenvalue weighted by Gasteiger charge is -2.12. The maximum Gasteiger partial charge on any atom is 0.272 e. The molecule has 3 aromatic carbocycles. The fourth-order valence-electron chi connectivity index (χ4n) is 4.39. The molecule has 3 heterocycles. The number of thioether (sulfide) groups is 1. The summed E-state index contributed by atoms with van der Waals surface area (Å²) in [5.41, 5.74) is 3.23. The van der Waals surface area contributed by atoms with Gasteiger partial charge in [-0.05, 0) is 48.4 Å². The summed E-state index contributed by atoms with van der Waals surface area (Å²) in [6, 6.07) is 21.5. The minimum absolute atomic E-state index is 0.0600. The van der Waals surface area contributed by atoms with Crippen LogP contribution in [0.1, 0.15) is 5.56 Å². The van der Waals surface area contributed by atoms with Crippen molar-refractivity contribution in [2.24, 2.45) is 0 Å². The van der Waals surface area contributed by atoms with Crippen LogP contribution < -0.4 is 10.9 Å². The molecule has 6 aromatic rings. The number of hydrogen-bond acceptors (Lipinski definition) is 5. The molecule has 0 bridgehead atoms. The number of carbonyl (C=O) groups is 1. The second-order valence-corrected chi connectivity index (χ2v) is 10.6. The molecule has 0 atom stereocenters. The predicted molar refractivity (Wildman–Crippen MR) is 149 cm³/mol. The molecule has 0 aliphatic heterocycles. The molecule has 0 spiro atoms.